The zero-order valence-corrected chi connectivity index (χ0v) is 11.7. The Morgan fingerprint density at radius 1 is 1.19 bits per heavy atom. The van der Waals surface area contributed by atoms with Crippen LogP contribution in [0.3, 0.4) is 0 Å². The highest BCUT2D eigenvalue weighted by atomic mass is 35.5. The second kappa shape index (κ2) is 5.76. The predicted octanol–water partition coefficient (Wildman–Crippen LogP) is 4.34. The summed E-state index contributed by atoms with van der Waals surface area (Å²) in [4.78, 5) is 0. The maximum Gasteiger partial charge on any atom is 0.145 e. The summed E-state index contributed by atoms with van der Waals surface area (Å²) < 4.78 is 24.0. The van der Waals surface area contributed by atoms with Crippen LogP contribution in [0.5, 0.6) is 5.75 Å². The van der Waals surface area contributed by atoms with E-state index in [9.17, 15) is 9.50 Å². The SMILES string of the molecule is OC(COc1cccc(Cl)c1)c1cc2cc(F)ccc2o1. The molecule has 3 nitrogen and oxygen atoms in total. The van der Waals surface area contributed by atoms with Crippen molar-refractivity contribution in [1.82, 2.24) is 0 Å². The maximum absolute atomic E-state index is 13.1. The number of hydrogen-bond donors (Lipinski definition) is 1. The molecule has 3 rings (SSSR count). The van der Waals surface area contributed by atoms with Gasteiger partial charge in [0.15, 0.2) is 0 Å². The molecule has 0 aliphatic heterocycles. The Morgan fingerprint density at radius 3 is 2.86 bits per heavy atom. The number of benzene rings is 2. The molecule has 0 spiro atoms. The quantitative estimate of drug-likeness (QED) is 0.780. The van der Waals surface area contributed by atoms with Crippen molar-refractivity contribution in [3.8, 4) is 5.75 Å². The van der Waals surface area contributed by atoms with Crippen molar-refractivity contribution < 1.29 is 18.7 Å². The van der Waals surface area contributed by atoms with E-state index in [1.807, 2.05) is 0 Å². The molecule has 1 heterocycles. The van der Waals surface area contributed by atoms with Crippen LogP contribution in [0.25, 0.3) is 11.0 Å². The van der Waals surface area contributed by atoms with Gasteiger partial charge < -0.3 is 14.3 Å². The van der Waals surface area contributed by atoms with Crippen LogP contribution in [-0.4, -0.2) is 11.7 Å². The highest BCUT2D eigenvalue weighted by Crippen LogP contribution is 2.25. The van der Waals surface area contributed by atoms with Gasteiger partial charge in [0.2, 0.25) is 0 Å². The van der Waals surface area contributed by atoms with Crippen molar-refractivity contribution >= 4 is 22.6 Å². The zero-order valence-electron chi connectivity index (χ0n) is 10.9. The van der Waals surface area contributed by atoms with Crippen LogP contribution in [0, 0.1) is 5.82 Å². The molecular weight excluding hydrogens is 295 g/mol. The van der Waals surface area contributed by atoms with E-state index in [1.165, 1.54) is 18.2 Å². The summed E-state index contributed by atoms with van der Waals surface area (Å²) >= 11 is 5.85. The lowest BCUT2D eigenvalue weighted by Crippen LogP contribution is -2.08. The third kappa shape index (κ3) is 3.17. The summed E-state index contributed by atoms with van der Waals surface area (Å²) in [6.45, 7) is 0.0165. The van der Waals surface area contributed by atoms with Gasteiger partial charge in [0, 0.05) is 10.4 Å². The third-order valence-electron chi connectivity index (χ3n) is 3.03. The van der Waals surface area contributed by atoms with Crippen molar-refractivity contribution in [2.75, 3.05) is 6.61 Å². The summed E-state index contributed by atoms with van der Waals surface area (Å²) in [5.74, 6) is 0.542. The summed E-state index contributed by atoms with van der Waals surface area (Å²) in [6.07, 6.45) is -0.945. The molecule has 1 aromatic heterocycles. The Kier molecular flexibility index (Phi) is 3.82. The molecule has 1 N–H and O–H groups in total. The molecule has 1 atom stereocenters. The van der Waals surface area contributed by atoms with Crippen LogP contribution in [0.15, 0.2) is 52.9 Å². The Labute approximate surface area is 125 Å². The molecule has 2 aromatic carbocycles. The smallest absolute Gasteiger partial charge is 0.145 e. The van der Waals surface area contributed by atoms with Crippen LogP contribution >= 0.6 is 11.6 Å². The van der Waals surface area contributed by atoms with Gasteiger partial charge in [0.1, 0.15) is 35.6 Å². The minimum Gasteiger partial charge on any atom is -0.490 e. The number of furan rings is 1. The first kappa shape index (κ1) is 13.9. The number of rotatable bonds is 4. The second-order valence-electron chi connectivity index (χ2n) is 4.62. The molecule has 21 heavy (non-hydrogen) atoms. The molecule has 3 aromatic rings. The second-order valence-corrected chi connectivity index (χ2v) is 5.05. The van der Waals surface area contributed by atoms with Crippen LogP contribution in [-0.2, 0) is 0 Å². The number of hydrogen-bond acceptors (Lipinski definition) is 3. The van der Waals surface area contributed by atoms with E-state index in [2.05, 4.69) is 0 Å². The Morgan fingerprint density at radius 2 is 2.05 bits per heavy atom. The minimum absolute atomic E-state index is 0.0165. The van der Waals surface area contributed by atoms with Crippen molar-refractivity contribution in [2.24, 2.45) is 0 Å². The largest absolute Gasteiger partial charge is 0.490 e. The molecule has 0 aliphatic carbocycles. The van der Waals surface area contributed by atoms with E-state index in [1.54, 1.807) is 30.3 Å². The van der Waals surface area contributed by atoms with Gasteiger partial charge in [-0.3, -0.25) is 0 Å². The number of fused-ring (bicyclic) bond motifs is 1. The fraction of sp³-hybridized carbons (Fsp3) is 0.125. The number of halogens is 2. The van der Waals surface area contributed by atoms with E-state index < -0.39 is 6.10 Å². The monoisotopic (exact) mass is 306 g/mol. The number of ether oxygens (including phenoxy) is 1. The van der Waals surface area contributed by atoms with Crippen LogP contribution < -0.4 is 4.74 Å². The third-order valence-corrected chi connectivity index (χ3v) is 3.26. The van der Waals surface area contributed by atoms with Gasteiger partial charge in [-0.1, -0.05) is 17.7 Å². The van der Waals surface area contributed by atoms with Crippen molar-refractivity contribution in [1.29, 1.82) is 0 Å². The van der Waals surface area contributed by atoms with E-state index >= 15 is 0 Å². The summed E-state index contributed by atoms with van der Waals surface area (Å²) in [6, 6.07) is 12.7. The lowest BCUT2D eigenvalue weighted by atomic mass is 10.2. The van der Waals surface area contributed by atoms with Gasteiger partial charge in [-0.25, -0.2) is 4.39 Å². The van der Waals surface area contributed by atoms with Gasteiger partial charge in [-0.05, 0) is 42.5 Å². The molecule has 0 amide bonds. The first-order valence-corrected chi connectivity index (χ1v) is 6.75. The molecule has 0 bridgehead atoms. The minimum atomic E-state index is -0.945. The fourth-order valence-corrected chi connectivity index (χ4v) is 2.19. The normalized spacial score (nSPS) is 12.5. The Balaban J connectivity index is 1.73. The zero-order chi connectivity index (χ0) is 14.8. The number of aliphatic hydroxyl groups is 1. The molecule has 108 valence electrons. The molecule has 1 unspecified atom stereocenters. The maximum atomic E-state index is 13.1. The predicted molar refractivity (Wildman–Crippen MR) is 78.1 cm³/mol. The summed E-state index contributed by atoms with van der Waals surface area (Å²) in [5.41, 5.74) is 0.521. The van der Waals surface area contributed by atoms with Gasteiger partial charge in [-0.15, -0.1) is 0 Å². The van der Waals surface area contributed by atoms with Crippen molar-refractivity contribution in [3.05, 3.63) is 65.1 Å². The Bertz CT molecular complexity index is 769. The highest BCUT2D eigenvalue weighted by Gasteiger charge is 2.14. The lowest BCUT2D eigenvalue weighted by Gasteiger charge is -2.10. The molecular formula is C16H12ClFO3. The van der Waals surface area contributed by atoms with Gasteiger partial charge in [0.25, 0.3) is 0 Å². The van der Waals surface area contributed by atoms with Crippen LogP contribution in [0.1, 0.15) is 11.9 Å². The van der Waals surface area contributed by atoms with E-state index in [0.29, 0.717) is 27.5 Å². The van der Waals surface area contributed by atoms with Crippen LogP contribution in [0.2, 0.25) is 5.02 Å². The summed E-state index contributed by atoms with van der Waals surface area (Å²) in [7, 11) is 0. The highest BCUT2D eigenvalue weighted by molar-refractivity contribution is 6.30. The van der Waals surface area contributed by atoms with Crippen molar-refractivity contribution in [2.45, 2.75) is 6.10 Å². The lowest BCUT2D eigenvalue weighted by molar-refractivity contribution is 0.0903. The molecule has 0 radical (unpaired) electrons. The average Bonchev–Trinajstić information content (AvgIpc) is 2.88. The first-order valence-electron chi connectivity index (χ1n) is 6.37. The van der Waals surface area contributed by atoms with E-state index in [-0.39, 0.29) is 12.4 Å². The molecule has 0 aliphatic rings. The Hall–Kier alpha value is -2.04. The van der Waals surface area contributed by atoms with Gasteiger partial charge in [-0.2, -0.15) is 0 Å². The van der Waals surface area contributed by atoms with E-state index in [0.717, 1.165) is 0 Å². The molecule has 5 heteroatoms. The number of aliphatic hydroxyl groups excluding tert-OH is 1. The van der Waals surface area contributed by atoms with E-state index in [4.69, 9.17) is 20.8 Å². The standard InChI is InChI=1S/C16H12ClFO3/c17-11-2-1-3-13(8-11)20-9-14(19)16-7-10-6-12(18)4-5-15(10)21-16/h1-8,14,19H,9H2. The topological polar surface area (TPSA) is 42.6 Å². The van der Waals surface area contributed by atoms with Crippen LogP contribution in [0.4, 0.5) is 4.39 Å². The van der Waals surface area contributed by atoms with Gasteiger partial charge in [0.05, 0.1) is 0 Å². The first-order chi connectivity index (χ1) is 10.1. The summed E-state index contributed by atoms with van der Waals surface area (Å²) in [5, 5.41) is 11.2. The van der Waals surface area contributed by atoms with Crippen molar-refractivity contribution in [3.63, 3.8) is 0 Å². The average molecular weight is 307 g/mol. The van der Waals surface area contributed by atoms with Gasteiger partial charge >= 0.3 is 0 Å². The molecule has 0 saturated carbocycles. The molecule has 0 fully saturated rings. The fourth-order valence-electron chi connectivity index (χ4n) is 2.01. The molecule has 0 saturated heterocycles.